The summed E-state index contributed by atoms with van der Waals surface area (Å²) < 4.78 is 10.9. The molecule has 2 heterocycles. The quantitative estimate of drug-likeness (QED) is 0.821. The zero-order valence-corrected chi connectivity index (χ0v) is 11.7. The van der Waals surface area contributed by atoms with Gasteiger partial charge in [0, 0.05) is 36.5 Å². The lowest BCUT2D eigenvalue weighted by Crippen LogP contribution is -2.43. The Morgan fingerprint density at radius 2 is 2.28 bits per heavy atom. The molecule has 1 aromatic rings. The van der Waals surface area contributed by atoms with Gasteiger partial charge in [-0.15, -0.1) is 0 Å². The summed E-state index contributed by atoms with van der Waals surface area (Å²) in [7, 11) is 1.72. The largest absolute Gasteiger partial charge is 0.496 e. The van der Waals surface area contributed by atoms with Gasteiger partial charge in [-0.3, -0.25) is 9.88 Å². The molecule has 0 N–H and O–H groups in total. The molecule has 0 radical (unpaired) electrons. The van der Waals surface area contributed by atoms with Crippen LogP contribution >= 0.6 is 0 Å². The zero-order valence-electron chi connectivity index (χ0n) is 11.7. The van der Waals surface area contributed by atoms with Crippen LogP contribution in [0.2, 0.25) is 0 Å². The van der Waals surface area contributed by atoms with Crippen LogP contribution in [0, 0.1) is 13.8 Å². The highest BCUT2D eigenvalue weighted by molar-refractivity contribution is 5.41. The Kier molecular flexibility index (Phi) is 4.19. The van der Waals surface area contributed by atoms with Gasteiger partial charge in [0.1, 0.15) is 5.75 Å². The molecule has 0 aromatic carbocycles. The number of nitrogens with zero attached hydrogens (tertiary/aromatic N) is 2. The SMILES string of the molecule is COc1c(C)cnc(CN2CCOC[C@H]2C)c1C. The Hall–Kier alpha value is -1.13. The Morgan fingerprint density at radius 3 is 2.94 bits per heavy atom. The summed E-state index contributed by atoms with van der Waals surface area (Å²) in [6.07, 6.45) is 1.90. The fraction of sp³-hybridized carbons (Fsp3) is 0.643. The first kappa shape index (κ1) is 13.3. The van der Waals surface area contributed by atoms with Crippen molar-refractivity contribution < 1.29 is 9.47 Å². The topological polar surface area (TPSA) is 34.6 Å². The van der Waals surface area contributed by atoms with E-state index in [1.54, 1.807) is 7.11 Å². The molecule has 1 fully saturated rings. The summed E-state index contributed by atoms with van der Waals surface area (Å²) >= 11 is 0. The summed E-state index contributed by atoms with van der Waals surface area (Å²) in [5.41, 5.74) is 3.34. The van der Waals surface area contributed by atoms with Crippen LogP contribution in [0.4, 0.5) is 0 Å². The molecule has 0 saturated carbocycles. The van der Waals surface area contributed by atoms with Gasteiger partial charge in [-0.05, 0) is 20.8 Å². The summed E-state index contributed by atoms with van der Waals surface area (Å²) in [4.78, 5) is 6.96. The zero-order chi connectivity index (χ0) is 13.1. The average Bonchev–Trinajstić information content (AvgIpc) is 2.36. The van der Waals surface area contributed by atoms with E-state index in [9.17, 15) is 0 Å². The van der Waals surface area contributed by atoms with E-state index in [1.165, 1.54) is 0 Å². The van der Waals surface area contributed by atoms with E-state index in [4.69, 9.17) is 9.47 Å². The van der Waals surface area contributed by atoms with Crippen molar-refractivity contribution in [1.82, 2.24) is 9.88 Å². The maximum Gasteiger partial charge on any atom is 0.128 e. The van der Waals surface area contributed by atoms with Crippen molar-refractivity contribution in [3.8, 4) is 5.75 Å². The number of pyridine rings is 1. The van der Waals surface area contributed by atoms with Crippen LogP contribution in [0.5, 0.6) is 5.75 Å². The highest BCUT2D eigenvalue weighted by Crippen LogP contribution is 2.25. The summed E-state index contributed by atoms with van der Waals surface area (Å²) in [5.74, 6) is 0.959. The number of ether oxygens (including phenoxy) is 2. The van der Waals surface area contributed by atoms with Crippen LogP contribution in [0.1, 0.15) is 23.7 Å². The molecule has 0 aliphatic carbocycles. The predicted octanol–water partition coefficient (Wildman–Crippen LogP) is 1.93. The summed E-state index contributed by atoms with van der Waals surface area (Å²) in [6, 6.07) is 0.451. The molecule has 18 heavy (non-hydrogen) atoms. The van der Waals surface area contributed by atoms with Crippen molar-refractivity contribution >= 4 is 0 Å². The maximum atomic E-state index is 5.46. The third kappa shape index (κ3) is 2.65. The van der Waals surface area contributed by atoms with E-state index in [0.717, 1.165) is 48.9 Å². The van der Waals surface area contributed by atoms with Gasteiger partial charge in [0.25, 0.3) is 0 Å². The first-order chi connectivity index (χ1) is 8.63. The minimum Gasteiger partial charge on any atom is -0.496 e. The maximum absolute atomic E-state index is 5.46. The van der Waals surface area contributed by atoms with Gasteiger partial charge in [0.2, 0.25) is 0 Å². The molecule has 4 nitrogen and oxygen atoms in total. The van der Waals surface area contributed by atoms with Crippen LogP contribution in [0.25, 0.3) is 0 Å². The van der Waals surface area contributed by atoms with Crippen LogP contribution in [0.15, 0.2) is 6.20 Å². The molecular weight excluding hydrogens is 228 g/mol. The number of rotatable bonds is 3. The van der Waals surface area contributed by atoms with E-state index in [-0.39, 0.29) is 0 Å². The summed E-state index contributed by atoms with van der Waals surface area (Å²) in [5, 5.41) is 0. The Bertz CT molecular complexity index is 421. The van der Waals surface area contributed by atoms with Gasteiger partial charge >= 0.3 is 0 Å². The van der Waals surface area contributed by atoms with E-state index in [1.807, 2.05) is 13.1 Å². The molecule has 0 spiro atoms. The summed E-state index contributed by atoms with van der Waals surface area (Å²) in [6.45, 7) is 9.76. The Balaban J connectivity index is 2.18. The molecule has 100 valence electrons. The van der Waals surface area contributed by atoms with Gasteiger partial charge in [-0.2, -0.15) is 0 Å². The van der Waals surface area contributed by atoms with Gasteiger partial charge < -0.3 is 9.47 Å². The number of morpholine rings is 1. The smallest absolute Gasteiger partial charge is 0.128 e. The molecule has 1 atom stereocenters. The molecular formula is C14H22N2O2. The van der Waals surface area contributed by atoms with Crippen LogP contribution in [0.3, 0.4) is 0 Å². The first-order valence-electron chi connectivity index (χ1n) is 6.44. The van der Waals surface area contributed by atoms with Crippen LogP contribution in [-0.4, -0.2) is 42.8 Å². The highest BCUT2D eigenvalue weighted by atomic mass is 16.5. The lowest BCUT2D eigenvalue weighted by atomic mass is 10.1. The Morgan fingerprint density at radius 1 is 1.50 bits per heavy atom. The molecule has 0 bridgehead atoms. The van der Waals surface area contributed by atoms with Gasteiger partial charge in [0.05, 0.1) is 26.0 Å². The number of methoxy groups -OCH3 is 1. The van der Waals surface area contributed by atoms with Gasteiger partial charge in [-0.25, -0.2) is 0 Å². The second-order valence-corrected chi connectivity index (χ2v) is 4.94. The number of hydrogen-bond acceptors (Lipinski definition) is 4. The van der Waals surface area contributed by atoms with Crippen molar-refractivity contribution in [2.75, 3.05) is 26.9 Å². The Labute approximate surface area is 109 Å². The molecule has 1 aliphatic rings. The molecule has 4 heteroatoms. The van der Waals surface area contributed by atoms with Crippen molar-refractivity contribution in [2.24, 2.45) is 0 Å². The van der Waals surface area contributed by atoms with Crippen molar-refractivity contribution in [1.29, 1.82) is 0 Å². The molecule has 0 unspecified atom stereocenters. The number of aryl methyl sites for hydroxylation is 1. The first-order valence-corrected chi connectivity index (χ1v) is 6.44. The van der Waals surface area contributed by atoms with Gasteiger partial charge in [-0.1, -0.05) is 0 Å². The van der Waals surface area contributed by atoms with E-state index in [0.29, 0.717) is 6.04 Å². The van der Waals surface area contributed by atoms with Crippen LogP contribution < -0.4 is 4.74 Å². The molecule has 1 aromatic heterocycles. The standard InChI is InChI=1S/C14H22N2O2/c1-10-7-15-13(12(3)14(10)17-4)8-16-5-6-18-9-11(16)2/h7,11H,5-6,8-9H2,1-4H3/t11-/m1/s1. The minimum atomic E-state index is 0.451. The monoisotopic (exact) mass is 250 g/mol. The molecule has 1 saturated heterocycles. The normalized spacial score (nSPS) is 21.0. The lowest BCUT2D eigenvalue weighted by Gasteiger charge is -2.33. The van der Waals surface area contributed by atoms with Crippen LogP contribution in [-0.2, 0) is 11.3 Å². The van der Waals surface area contributed by atoms with E-state index >= 15 is 0 Å². The van der Waals surface area contributed by atoms with Crippen molar-refractivity contribution in [3.63, 3.8) is 0 Å². The number of hydrogen-bond donors (Lipinski definition) is 0. The fourth-order valence-corrected chi connectivity index (χ4v) is 2.42. The third-order valence-corrected chi connectivity index (χ3v) is 3.61. The van der Waals surface area contributed by atoms with E-state index < -0.39 is 0 Å². The predicted molar refractivity (Wildman–Crippen MR) is 71.0 cm³/mol. The molecule has 2 rings (SSSR count). The van der Waals surface area contributed by atoms with E-state index in [2.05, 4.69) is 23.7 Å². The fourth-order valence-electron chi connectivity index (χ4n) is 2.42. The van der Waals surface area contributed by atoms with Crippen molar-refractivity contribution in [2.45, 2.75) is 33.4 Å². The highest BCUT2D eigenvalue weighted by Gasteiger charge is 2.20. The second-order valence-electron chi connectivity index (χ2n) is 4.94. The van der Waals surface area contributed by atoms with Crippen molar-refractivity contribution in [3.05, 3.63) is 23.0 Å². The third-order valence-electron chi connectivity index (χ3n) is 3.61. The minimum absolute atomic E-state index is 0.451. The van der Waals surface area contributed by atoms with Gasteiger partial charge in [0.15, 0.2) is 0 Å². The lowest BCUT2D eigenvalue weighted by molar-refractivity contribution is -0.00502. The molecule has 1 aliphatic heterocycles. The average molecular weight is 250 g/mol. The molecule has 0 amide bonds. The number of aromatic nitrogens is 1. The second kappa shape index (κ2) is 5.67.